The van der Waals surface area contributed by atoms with Crippen molar-refractivity contribution in [1.82, 2.24) is 4.98 Å². The van der Waals surface area contributed by atoms with Crippen molar-refractivity contribution in [2.24, 2.45) is 5.73 Å². The first-order chi connectivity index (χ1) is 9.17. The second-order valence-corrected chi connectivity index (χ2v) is 5.58. The fourth-order valence-electron chi connectivity index (χ4n) is 2.11. The van der Waals surface area contributed by atoms with Gasteiger partial charge in [0.2, 0.25) is 0 Å². The van der Waals surface area contributed by atoms with E-state index in [-0.39, 0.29) is 5.92 Å². The van der Waals surface area contributed by atoms with E-state index in [1.165, 1.54) is 11.3 Å². The topological polar surface area (TPSA) is 68.4 Å². The van der Waals surface area contributed by atoms with Crippen LogP contribution in [0.2, 0.25) is 0 Å². The zero-order chi connectivity index (χ0) is 13.8. The number of hydrogen-bond donors (Lipinski definition) is 2. The lowest BCUT2D eigenvalue weighted by Crippen LogP contribution is -2.20. The number of rotatable bonds is 5. The van der Waals surface area contributed by atoms with Crippen molar-refractivity contribution in [2.45, 2.75) is 18.9 Å². The molecule has 0 radical (unpaired) electrons. The molecule has 2 atom stereocenters. The van der Waals surface area contributed by atoms with Crippen molar-refractivity contribution in [1.29, 1.82) is 0 Å². The van der Waals surface area contributed by atoms with Crippen LogP contribution < -0.4 is 10.5 Å². The maximum atomic E-state index is 10.5. The number of para-hydroxylation sites is 1. The summed E-state index contributed by atoms with van der Waals surface area (Å²) in [5.41, 5.74) is 6.76. The number of nitrogens with two attached hydrogens (primary N) is 1. The van der Waals surface area contributed by atoms with Crippen molar-refractivity contribution in [2.75, 3.05) is 13.7 Å². The Labute approximate surface area is 116 Å². The summed E-state index contributed by atoms with van der Waals surface area (Å²) in [4.78, 5) is 5.01. The number of aryl methyl sites for hydroxylation is 1. The van der Waals surface area contributed by atoms with Gasteiger partial charge in [-0.05, 0) is 13.0 Å². The molecule has 0 aliphatic heterocycles. The Morgan fingerprint density at radius 1 is 1.42 bits per heavy atom. The third-order valence-corrected chi connectivity index (χ3v) is 4.09. The SMILES string of the molecule is COc1ccccc1C(CN)C(O)c1cnc(C)s1. The number of ether oxygens (including phenoxy) is 1. The molecule has 3 N–H and O–H groups in total. The highest BCUT2D eigenvalue weighted by Crippen LogP contribution is 2.36. The molecule has 102 valence electrons. The average molecular weight is 278 g/mol. The van der Waals surface area contributed by atoms with E-state index >= 15 is 0 Å². The highest BCUT2D eigenvalue weighted by atomic mass is 32.1. The van der Waals surface area contributed by atoms with Gasteiger partial charge in [-0.1, -0.05) is 18.2 Å². The molecule has 1 aromatic carbocycles. The van der Waals surface area contributed by atoms with Gasteiger partial charge in [-0.3, -0.25) is 0 Å². The van der Waals surface area contributed by atoms with Gasteiger partial charge in [0.15, 0.2) is 0 Å². The smallest absolute Gasteiger partial charge is 0.122 e. The molecule has 0 bridgehead atoms. The van der Waals surface area contributed by atoms with Crippen molar-refractivity contribution in [3.05, 3.63) is 45.9 Å². The summed E-state index contributed by atoms with van der Waals surface area (Å²) in [6, 6.07) is 7.64. The number of benzene rings is 1. The minimum Gasteiger partial charge on any atom is -0.496 e. The Morgan fingerprint density at radius 2 is 2.16 bits per heavy atom. The van der Waals surface area contributed by atoms with Gasteiger partial charge in [-0.2, -0.15) is 0 Å². The molecule has 2 aromatic rings. The molecule has 0 spiro atoms. The summed E-state index contributed by atoms with van der Waals surface area (Å²) < 4.78 is 5.34. The third-order valence-electron chi connectivity index (χ3n) is 3.10. The van der Waals surface area contributed by atoms with Crippen LogP contribution in [0.4, 0.5) is 0 Å². The average Bonchev–Trinajstić information content (AvgIpc) is 2.86. The Hall–Kier alpha value is -1.43. The molecule has 2 unspecified atom stereocenters. The van der Waals surface area contributed by atoms with E-state index in [9.17, 15) is 5.11 Å². The fraction of sp³-hybridized carbons (Fsp3) is 0.357. The second kappa shape index (κ2) is 6.14. The second-order valence-electron chi connectivity index (χ2n) is 4.31. The van der Waals surface area contributed by atoms with Crippen LogP contribution in [0.25, 0.3) is 0 Å². The highest BCUT2D eigenvalue weighted by Gasteiger charge is 2.25. The number of methoxy groups -OCH3 is 1. The van der Waals surface area contributed by atoms with E-state index in [2.05, 4.69) is 4.98 Å². The number of nitrogens with zero attached hydrogens (tertiary/aromatic N) is 1. The summed E-state index contributed by atoms with van der Waals surface area (Å²) in [6.07, 6.45) is 1.05. The molecule has 19 heavy (non-hydrogen) atoms. The van der Waals surface area contributed by atoms with Gasteiger partial charge in [0.1, 0.15) is 5.75 Å². The standard InChI is InChI=1S/C14H18N2O2S/c1-9-16-8-13(19-9)14(17)11(7-15)10-5-3-4-6-12(10)18-2/h3-6,8,11,14,17H,7,15H2,1-2H3. The normalized spacial score (nSPS) is 14.1. The van der Waals surface area contributed by atoms with Crippen molar-refractivity contribution in [3.63, 3.8) is 0 Å². The van der Waals surface area contributed by atoms with Crippen LogP contribution in [0.15, 0.2) is 30.5 Å². The van der Waals surface area contributed by atoms with Crippen LogP contribution in [0, 0.1) is 6.92 Å². The number of aliphatic hydroxyl groups is 1. The van der Waals surface area contributed by atoms with Gasteiger partial charge in [-0.25, -0.2) is 4.98 Å². The number of hydrogen-bond acceptors (Lipinski definition) is 5. The molecule has 5 heteroatoms. The van der Waals surface area contributed by atoms with Crippen LogP contribution in [0.3, 0.4) is 0 Å². The summed E-state index contributed by atoms with van der Waals surface area (Å²) in [6.45, 7) is 2.26. The lowest BCUT2D eigenvalue weighted by molar-refractivity contribution is 0.149. The molecule has 0 saturated heterocycles. The number of aliphatic hydroxyl groups excluding tert-OH is 1. The largest absolute Gasteiger partial charge is 0.496 e. The molecule has 0 amide bonds. The maximum Gasteiger partial charge on any atom is 0.122 e. The third kappa shape index (κ3) is 2.94. The molecule has 0 aliphatic rings. The Morgan fingerprint density at radius 3 is 2.74 bits per heavy atom. The van der Waals surface area contributed by atoms with Gasteiger partial charge in [0, 0.05) is 24.2 Å². The first kappa shape index (κ1) is 14.0. The predicted octanol–water partition coefficient (Wildman–Crippen LogP) is 2.24. The van der Waals surface area contributed by atoms with Gasteiger partial charge in [0.05, 0.1) is 23.1 Å². The van der Waals surface area contributed by atoms with Crippen LogP contribution >= 0.6 is 11.3 Å². The minimum absolute atomic E-state index is 0.198. The lowest BCUT2D eigenvalue weighted by atomic mass is 9.92. The summed E-state index contributed by atoms with van der Waals surface area (Å²) in [7, 11) is 1.62. The molecule has 0 saturated carbocycles. The van der Waals surface area contributed by atoms with Crippen LogP contribution in [0.5, 0.6) is 5.75 Å². The summed E-state index contributed by atoms with van der Waals surface area (Å²) in [5, 5.41) is 11.4. The molecule has 1 heterocycles. The summed E-state index contributed by atoms with van der Waals surface area (Å²) >= 11 is 1.49. The Balaban J connectivity index is 2.33. The van der Waals surface area contributed by atoms with Gasteiger partial charge in [-0.15, -0.1) is 11.3 Å². The van der Waals surface area contributed by atoms with E-state index in [1.807, 2.05) is 31.2 Å². The predicted molar refractivity (Wildman–Crippen MR) is 76.6 cm³/mol. The van der Waals surface area contributed by atoms with E-state index in [0.717, 1.165) is 21.2 Å². The quantitative estimate of drug-likeness (QED) is 0.880. The monoisotopic (exact) mass is 278 g/mol. The maximum absolute atomic E-state index is 10.5. The number of thiazole rings is 1. The van der Waals surface area contributed by atoms with Crippen LogP contribution in [-0.2, 0) is 0 Å². The van der Waals surface area contributed by atoms with Crippen molar-refractivity contribution < 1.29 is 9.84 Å². The van der Waals surface area contributed by atoms with E-state index < -0.39 is 6.10 Å². The molecule has 1 aromatic heterocycles. The molecular weight excluding hydrogens is 260 g/mol. The van der Waals surface area contributed by atoms with Gasteiger partial charge in [0.25, 0.3) is 0 Å². The lowest BCUT2D eigenvalue weighted by Gasteiger charge is -2.22. The molecule has 2 rings (SSSR count). The van der Waals surface area contributed by atoms with Crippen molar-refractivity contribution in [3.8, 4) is 5.75 Å². The molecular formula is C14H18N2O2S. The Bertz CT molecular complexity index is 542. The highest BCUT2D eigenvalue weighted by molar-refractivity contribution is 7.11. The van der Waals surface area contributed by atoms with Crippen LogP contribution in [-0.4, -0.2) is 23.7 Å². The number of aromatic nitrogens is 1. The van der Waals surface area contributed by atoms with Gasteiger partial charge >= 0.3 is 0 Å². The first-order valence-electron chi connectivity index (χ1n) is 6.10. The van der Waals surface area contributed by atoms with E-state index in [1.54, 1.807) is 13.3 Å². The van der Waals surface area contributed by atoms with E-state index in [0.29, 0.717) is 6.54 Å². The minimum atomic E-state index is -0.660. The van der Waals surface area contributed by atoms with Crippen molar-refractivity contribution >= 4 is 11.3 Å². The van der Waals surface area contributed by atoms with Crippen LogP contribution in [0.1, 0.15) is 27.5 Å². The zero-order valence-electron chi connectivity index (χ0n) is 11.0. The zero-order valence-corrected chi connectivity index (χ0v) is 11.9. The van der Waals surface area contributed by atoms with Gasteiger partial charge < -0.3 is 15.6 Å². The fourth-order valence-corrected chi connectivity index (χ4v) is 2.95. The van der Waals surface area contributed by atoms with E-state index in [4.69, 9.17) is 10.5 Å². The molecule has 0 fully saturated rings. The Kier molecular flexibility index (Phi) is 4.52. The molecule has 4 nitrogen and oxygen atoms in total. The summed E-state index contributed by atoms with van der Waals surface area (Å²) in [5.74, 6) is 0.550. The molecule has 0 aliphatic carbocycles. The first-order valence-corrected chi connectivity index (χ1v) is 6.92.